The lowest BCUT2D eigenvalue weighted by Gasteiger charge is -2.15. The van der Waals surface area contributed by atoms with E-state index in [2.05, 4.69) is 17.6 Å². The normalized spacial score (nSPS) is 21.1. The van der Waals surface area contributed by atoms with Gasteiger partial charge in [-0.3, -0.25) is 4.79 Å². The van der Waals surface area contributed by atoms with E-state index in [9.17, 15) is 4.79 Å². The minimum absolute atomic E-state index is 0.137. The van der Waals surface area contributed by atoms with Crippen molar-refractivity contribution in [3.05, 3.63) is 23.5 Å². The zero-order valence-corrected chi connectivity index (χ0v) is 9.71. The number of thiol groups is 1. The van der Waals surface area contributed by atoms with E-state index in [-0.39, 0.29) is 5.91 Å². The molecule has 1 fully saturated rings. The summed E-state index contributed by atoms with van der Waals surface area (Å²) in [6.45, 7) is 0.728. The molecule has 5 heteroatoms. The summed E-state index contributed by atoms with van der Waals surface area (Å²) in [6, 6.07) is 3.51. The number of aromatic nitrogens is 1. The van der Waals surface area contributed by atoms with Crippen molar-refractivity contribution in [1.29, 1.82) is 0 Å². The molecule has 2 rings (SSSR count). The van der Waals surface area contributed by atoms with Crippen molar-refractivity contribution >= 4 is 35.8 Å². The highest BCUT2D eigenvalue weighted by atomic mass is 35.5. The van der Waals surface area contributed by atoms with Gasteiger partial charge in [-0.15, -0.1) is 0 Å². The number of hydrogen-bond donors (Lipinski definition) is 1. The molecule has 15 heavy (non-hydrogen) atoms. The van der Waals surface area contributed by atoms with Crippen molar-refractivity contribution in [2.75, 3.05) is 17.2 Å². The van der Waals surface area contributed by atoms with Crippen LogP contribution in [-0.2, 0) is 4.79 Å². The number of nitrogens with zero attached hydrogens (tertiary/aromatic N) is 2. The van der Waals surface area contributed by atoms with E-state index >= 15 is 0 Å². The van der Waals surface area contributed by atoms with Gasteiger partial charge in [0.2, 0.25) is 5.91 Å². The number of pyridine rings is 1. The first-order valence-corrected chi connectivity index (χ1v) is 5.74. The average Bonchev–Trinajstić information content (AvgIpc) is 2.61. The van der Waals surface area contributed by atoms with Gasteiger partial charge < -0.3 is 4.90 Å². The largest absolute Gasteiger partial charge is 0.311 e. The minimum atomic E-state index is 0.137. The third kappa shape index (κ3) is 2.26. The van der Waals surface area contributed by atoms with Gasteiger partial charge in [-0.1, -0.05) is 11.6 Å². The Morgan fingerprint density at radius 2 is 2.40 bits per heavy atom. The fraction of sp³-hybridized carbons (Fsp3) is 0.400. The van der Waals surface area contributed by atoms with Gasteiger partial charge in [0, 0.05) is 13.0 Å². The average molecular weight is 243 g/mol. The Morgan fingerprint density at radius 1 is 1.60 bits per heavy atom. The lowest BCUT2D eigenvalue weighted by molar-refractivity contribution is -0.117. The first kappa shape index (κ1) is 10.8. The molecule has 0 radical (unpaired) electrons. The SMILES string of the molecule is O=C1CC(CS)CN1c1ccc(Cl)nc1. The molecule has 1 aliphatic heterocycles. The summed E-state index contributed by atoms with van der Waals surface area (Å²) in [4.78, 5) is 17.4. The van der Waals surface area contributed by atoms with Crippen molar-refractivity contribution < 1.29 is 4.79 Å². The molecule has 2 heterocycles. The third-order valence-corrected chi connectivity index (χ3v) is 3.23. The molecule has 1 aromatic rings. The number of carbonyl (C=O) groups excluding carboxylic acids is 1. The maximum Gasteiger partial charge on any atom is 0.227 e. The lowest BCUT2D eigenvalue weighted by atomic mass is 10.1. The highest BCUT2D eigenvalue weighted by Gasteiger charge is 2.29. The molecule has 0 bridgehead atoms. The van der Waals surface area contributed by atoms with Gasteiger partial charge in [0.05, 0.1) is 11.9 Å². The van der Waals surface area contributed by atoms with Crippen LogP contribution in [0.5, 0.6) is 0 Å². The summed E-state index contributed by atoms with van der Waals surface area (Å²) in [5.41, 5.74) is 0.814. The van der Waals surface area contributed by atoms with E-state index in [0.29, 0.717) is 17.5 Å². The second-order valence-electron chi connectivity index (χ2n) is 3.60. The van der Waals surface area contributed by atoms with E-state index in [1.54, 1.807) is 17.2 Å². The van der Waals surface area contributed by atoms with Crippen LogP contribution in [0.25, 0.3) is 0 Å². The maximum absolute atomic E-state index is 11.7. The first-order valence-electron chi connectivity index (χ1n) is 4.73. The van der Waals surface area contributed by atoms with Gasteiger partial charge in [0.25, 0.3) is 0 Å². The molecule has 1 atom stereocenters. The van der Waals surface area contributed by atoms with Crippen LogP contribution in [0.15, 0.2) is 18.3 Å². The summed E-state index contributed by atoms with van der Waals surface area (Å²) in [6.07, 6.45) is 2.20. The summed E-state index contributed by atoms with van der Waals surface area (Å²) in [5, 5.41) is 0.441. The third-order valence-electron chi connectivity index (χ3n) is 2.49. The molecule has 0 aromatic carbocycles. The highest BCUT2D eigenvalue weighted by Crippen LogP contribution is 2.25. The number of hydrogen-bond acceptors (Lipinski definition) is 3. The number of rotatable bonds is 2. The van der Waals surface area contributed by atoms with Crippen molar-refractivity contribution in [2.24, 2.45) is 5.92 Å². The highest BCUT2D eigenvalue weighted by molar-refractivity contribution is 7.80. The van der Waals surface area contributed by atoms with Crippen molar-refractivity contribution in [3.63, 3.8) is 0 Å². The second-order valence-corrected chi connectivity index (χ2v) is 4.35. The van der Waals surface area contributed by atoms with Gasteiger partial charge in [0.15, 0.2) is 0 Å². The molecule has 0 aliphatic carbocycles. The van der Waals surface area contributed by atoms with Crippen LogP contribution in [0.2, 0.25) is 5.15 Å². The molecule has 80 valence electrons. The molecule has 1 unspecified atom stereocenters. The zero-order chi connectivity index (χ0) is 10.8. The topological polar surface area (TPSA) is 33.2 Å². The number of amides is 1. The fourth-order valence-electron chi connectivity index (χ4n) is 1.68. The van der Waals surface area contributed by atoms with Crippen LogP contribution < -0.4 is 4.90 Å². The van der Waals surface area contributed by atoms with Crippen LogP contribution in [0, 0.1) is 5.92 Å². The molecule has 1 aliphatic rings. The van der Waals surface area contributed by atoms with Gasteiger partial charge in [-0.05, 0) is 23.8 Å². The Morgan fingerprint density at radius 3 is 2.93 bits per heavy atom. The standard InChI is InChI=1S/C10H11ClN2OS/c11-9-2-1-8(4-12-9)13-5-7(6-15)3-10(13)14/h1-2,4,7,15H,3,5-6H2. The van der Waals surface area contributed by atoms with Gasteiger partial charge in [-0.25, -0.2) is 4.98 Å². The predicted octanol–water partition coefficient (Wildman–Crippen LogP) is 2.02. The molecule has 1 saturated heterocycles. The van der Waals surface area contributed by atoms with Crippen molar-refractivity contribution in [2.45, 2.75) is 6.42 Å². The Hall–Kier alpha value is -0.740. The van der Waals surface area contributed by atoms with E-state index in [4.69, 9.17) is 11.6 Å². The second kappa shape index (κ2) is 4.41. The maximum atomic E-state index is 11.7. The summed E-state index contributed by atoms with van der Waals surface area (Å²) >= 11 is 9.89. The lowest BCUT2D eigenvalue weighted by Crippen LogP contribution is -2.24. The van der Waals surface area contributed by atoms with E-state index in [0.717, 1.165) is 18.0 Å². The molecule has 0 spiro atoms. The monoisotopic (exact) mass is 242 g/mol. The predicted molar refractivity (Wildman–Crippen MR) is 63.6 cm³/mol. The Bertz CT molecular complexity index is 368. The molecular weight excluding hydrogens is 232 g/mol. The summed E-state index contributed by atoms with van der Waals surface area (Å²) < 4.78 is 0. The smallest absolute Gasteiger partial charge is 0.227 e. The van der Waals surface area contributed by atoms with E-state index < -0.39 is 0 Å². The van der Waals surface area contributed by atoms with Crippen LogP contribution >= 0.6 is 24.2 Å². The number of carbonyl (C=O) groups is 1. The van der Waals surface area contributed by atoms with Gasteiger partial charge >= 0.3 is 0 Å². The van der Waals surface area contributed by atoms with Crippen molar-refractivity contribution in [3.8, 4) is 0 Å². The zero-order valence-electron chi connectivity index (χ0n) is 8.06. The minimum Gasteiger partial charge on any atom is -0.311 e. The van der Waals surface area contributed by atoms with Crippen LogP contribution in [0.3, 0.4) is 0 Å². The first-order chi connectivity index (χ1) is 7.20. The van der Waals surface area contributed by atoms with E-state index in [1.165, 1.54) is 0 Å². The summed E-state index contributed by atoms with van der Waals surface area (Å²) in [7, 11) is 0. The quantitative estimate of drug-likeness (QED) is 0.636. The fourth-order valence-corrected chi connectivity index (χ4v) is 2.04. The molecule has 1 amide bonds. The van der Waals surface area contributed by atoms with Crippen LogP contribution in [0.4, 0.5) is 5.69 Å². The Balaban J connectivity index is 2.18. The number of halogens is 1. The van der Waals surface area contributed by atoms with Crippen molar-refractivity contribution in [1.82, 2.24) is 4.98 Å². The van der Waals surface area contributed by atoms with Crippen LogP contribution in [0.1, 0.15) is 6.42 Å². The molecule has 0 N–H and O–H groups in total. The van der Waals surface area contributed by atoms with Crippen LogP contribution in [-0.4, -0.2) is 23.2 Å². The number of anilines is 1. The molecule has 1 aromatic heterocycles. The van der Waals surface area contributed by atoms with E-state index in [1.807, 2.05) is 6.07 Å². The Labute approximate surface area is 98.8 Å². The van der Waals surface area contributed by atoms with Gasteiger partial charge in [0.1, 0.15) is 5.15 Å². The molecule has 3 nitrogen and oxygen atoms in total. The Kier molecular flexibility index (Phi) is 3.17. The molecular formula is C10H11ClN2OS. The molecule has 0 saturated carbocycles. The van der Waals surface area contributed by atoms with Gasteiger partial charge in [-0.2, -0.15) is 12.6 Å². The summed E-state index contributed by atoms with van der Waals surface area (Å²) in [5.74, 6) is 1.22.